The zero-order valence-corrected chi connectivity index (χ0v) is 27.8. The number of aliphatic hydroxyl groups is 5. The van der Waals surface area contributed by atoms with Crippen molar-refractivity contribution in [3.05, 3.63) is 36.6 Å². The Hall–Kier alpha value is -3.17. The van der Waals surface area contributed by atoms with Crippen molar-refractivity contribution in [2.75, 3.05) is 66.9 Å². The van der Waals surface area contributed by atoms with Crippen molar-refractivity contribution < 1.29 is 74.1 Å². The van der Waals surface area contributed by atoms with E-state index in [1.54, 1.807) is 24.5 Å². The van der Waals surface area contributed by atoms with Crippen LogP contribution in [0.2, 0.25) is 0 Å². The molecule has 0 aromatic heterocycles. The maximum absolute atomic E-state index is 12.9. The maximum atomic E-state index is 12.9. The van der Waals surface area contributed by atoms with E-state index in [9.17, 15) is 35.1 Å². The summed E-state index contributed by atoms with van der Waals surface area (Å²) in [5.74, 6) is -5.16. The molecule has 18 nitrogen and oxygen atoms in total. The second kappa shape index (κ2) is 19.9. The molecule has 2 saturated heterocycles. The van der Waals surface area contributed by atoms with Gasteiger partial charge in [-0.3, -0.25) is 4.99 Å². The van der Waals surface area contributed by atoms with Crippen LogP contribution in [0, 0.1) is 23.7 Å². The van der Waals surface area contributed by atoms with Gasteiger partial charge in [-0.1, -0.05) is 18.2 Å². The van der Waals surface area contributed by atoms with Gasteiger partial charge in [-0.2, -0.15) is 0 Å². The molecule has 49 heavy (non-hydrogen) atoms. The Bertz CT molecular complexity index is 1170. The fraction of sp³-hybridized carbons (Fsp3) is 0.710. The summed E-state index contributed by atoms with van der Waals surface area (Å²) in [4.78, 5) is 30.3. The molecule has 3 heterocycles. The summed E-state index contributed by atoms with van der Waals surface area (Å²) in [6, 6.07) is -0.784. The van der Waals surface area contributed by atoms with Gasteiger partial charge in [0.2, 0.25) is 6.29 Å². The molecule has 0 amide bonds. The van der Waals surface area contributed by atoms with E-state index >= 15 is 0 Å². The number of nitrogens with one attached hydrogen (secondary N) is 2. The monoisotopic (exact) mass is 702 g/mol. The molecule has 12 atom stereocenters. The number of nitrogens with zero attached hydrogens (tertiary/aromatic N) is 1. The van der Waals surface area contributed by atoms with Crippen LogP contribution in [0.3, 0.4) is 0 Å². The molecule has 2 fully saturated rings. The number of rotatable bonds is 17. The van der Waals surface area contributed by atoms with Crippen molar-refractivity contribution in [2.45, 2.75) is 49.5 Å². The number of aliphatic carboxylic acids is 1. The van der Waals surface area contributed by atoms with Crippen LogP contribution < -0.4 is 26.4 Å². The van der Waals surface area contributed by atoms with Crippen LogP contribution in [0.5, 0.6) is 0 Å². The Morgan fingerprint density at radius 1 is 1.20 bits per heavy atom. The van der Waals surface area contributed by atoms with Crippen molar-refractivity contribution in [1.29, 1.82) is 0 Å². The summed E-state index contributed by atoms with van der Waals surface area (Å²) in [7, 11) is 2.94. The lowest BCUT2D eigenvalue weighted by Crippen LogP contribution is -3.16. The maximum Gasteiger partial charge on any atom is 0.337 e. The Balaban J connectivity index is 1.98. The number of piperidine rings is 1. The number of carboxylic acids is 1. The van der Waals surface area contributed by atoms with Crippen molar-refractivity contribution in [2.24, 2.45) is 34.4 Å². The number of aliphatic imine (C=N–C) groups is 1. The molecule has 278 valence electrons. The summed E-state index contributed by atoms with van der Waals surface area (Å²) in [5.41, 5.74) is 6.20. The number of guanidine groups is 1. The lowest BCUT2D eigenvalue weighted by Gasteiger charge is -2.44. The lowest BCUT2D eigenvalue weighted by atomic mass is 9.79. The first-order chi connectivity index (χ1) is 23.5. The number of nitrogens with two attached hydrogens (primary N) is 2. The minimum Gasteiger partial charge on any atom is -0.550 e. The highest BCUT2D eigenvalue weighted by Crippen LogP contribution is 2.37. The number of carbonyl (C=O) groups excluding carboxylic acids is 2. The van der Waals surface area contributed by atoms with Crippen molar-refractivity contribution in [3.63, 3.8) is 0 Å². The van der Waals surface area contributed by atoms with E-state index in [0.717, 1.165) is 4.90 Å². The Labute approximate surface area is 284 Å². The van der Waals surface area contributed by atoms with E-state index < -0.39 is 85.3 Å². The number of ether oxygens (including phenoxy) is 5. The third-order valence-electron chi connectivity index (χ3n) is 8.83. The zero-order valence-electron chi connectivity index (χ0n) is 27.8. The number of aliphatic hydroxyl groups excluding tert-OH is 5. The molecule has 12 unspecified atom stereocenters. The van der Waals surface area contributed by atoms with Crippen LogP contribution in [0.25, 0.3) is 0 Å². The Kier molecular flexibility index (Phi) is 16.3. The lowest BCUT2D eigenvalue weighted by molar-refractivity contribution is -0.911. The molecule has 0 aromatic rings. The molecule has 11 N–H and O–H groups in total. The molecule has 3 rings (SSSR count). The van der Waals surface area contributed by atoms with Crippen LogP contribution in [0.4, 0.5) is 0 Å². The number of esters is 1. The first kappa shape index (κ1) is 40.3. The summed E-state index contributed by atoms with van der Waals surface area (Å²) in [6.07, 6.45) is -1.32. The zero-order chi connectivity index (χ0) is 36.1. The average Bonchev–Trinajstić information content (AvgIpc) is 3.09. The first-order valence-electron chi connectivity index (χ1n) is 16.3. The molecule has 3 aliphatic rings. The number of hydrogen-bond acceptors (Lipinski definition) is 14. The van der Waals surface area contributed by atoms with Crippen LogP contribution in [0.1, 0.15) is 6.42 Å². The average molecular weight is 703 g/mol. The van der Waals surface area contributed by atoms with Gasteiger partial charge in [0.25, 0.3) is 0 Å². The van der Waals surface area contributed by atoms with Gasteiger partial charge in [-0.05, 0) is 6.42 Å². The molecule has 3 aliphatic heterocycles. The Morgan fingerprint density at radius 3 is 2.57 bits per heavy atom. The van der Waals surface area contributed by atoms with Crippen LogP contribution >= 0.6 is 0 Å². The van der Waals surface area contributed by atoms with E-state index in [1.807, 2.05) is 0 Å². The third-order valence-corrected chi connectivity index (χ3v) is 8.83. The van der Waals surface area contributed by atoms with Gasteiger partial charge in [-0.25, -0.2) is 4.79 Å². The number of methoxy groups -OCH3 is 1. The number of quaternary nitrogens is 2. The SMILES string of the molecule is C=CC1C(OC2OC(CO)C(O)C(O)C2OC[NH2+]C)OC=C(C(=O)OC)C1C=CC1C[NH+](CCO)CC(C(=O)[O-])C1NC(N)=NCCCO. The summed E-state index contributed by atoms with van der Waals surface area (Å²) >= 11 is 0. The highest BCUT2D eigenvalue weighted by Gasteiger charge is 2.49. The van der Waals surface area contributed by atoms with Gasteiger partial charge < -0.3 is 80.4 Å². The molecule has 0 saturated carbocycles. The standard InChI is InChI=1S/C31H51N5O13/c1-4-18-19(7-6-17-12-36(9-11-38)13-20(27(42)43)23(17)35-31(32)34-8-5-10-37)21(28(44)45-3)15-46-29(18)49-30-26(47-16-33-2)25(41)24(40)22(14-39)48-30/h4,6-7,15,17-20,22-26,29-30,33,37-41H,1,5,8-14,16H2,2-3H3,(H,42,43)(H3,32,34,35)/p+1. The molecule has 0 aliphatic carbocycles. The summed E-state index contributed by atoms with van der Waals surface area (Å²) in [6.45, 7) is 4.17. The predicted octanol–water partition coefficient (Wildman–Crippen LogP) is -7.11. The highest BCUT2D eigenvalue weighted by atomic mass is 16.8. The van der Waals surface area contributed by atoms with Crippen molar-refractivity contribution in [3.8, 4) is 0 Å². The fourth-order valence-corrected chi connectivity index (χ4v) is 6.30. The topological polar surface area (TPSA) is 276 Å². The van der Waals surface area contributed by atoms with Gasteiger partial charge in [0, 0.05) is 25.0 Å². The van der Waals surface area contributed by atoms with E-state index in [1.165, 1.54) is 19.4 Å². The normalized spacial score (nSPS) is 35.3. The molecule has 0 spiro atoms. The second-order valence-corrected chi connectivity index (χ2v) is 12.1. The van der Waals surface area contributed by atoms with Gasteiger partial charge >= 0.3 is 5.97 Å². The molecular formula is C31H52N5O13+. The molecule has 0 radical (unpaired) electrons. The van der Waals surface area contributed by atoms with Crippen LogP contribution in [0.15, 0.2) is 41.6 Å². The Morgan fingerprint density at radius 2 is 1.96 bits per heavy atom. The summed E-state index contributed by atoms with van der Waals surface area (Å²) < 4.78 is 28.5. The number of carboxylic acid groups (broad SMARTS) is 1. The van der Waals surface area contributed by atoms with Gasteiger partial charge in [0.05, 0.1) is 76.1 Å². The number of carbonyl (C=O) groups is 2. The number of allylic oxidation sites excluding steroid dienone is 1. The first-order valence-corrected chi connectivity index (χ1v) is 16.3. The van der Waals surface area contributed by atoms with E-state index in [0.29, 0.717) is 13.0 Å². The highest BCUT2D eigenvalue weighted by molar-refractivity contribution is 5.89. The van der Waals surface area contributed by atoms with E-state index in [-0.39, 0.29) is 51.1 Å². The smallest absolute Gasteiger partial charge is 0.337 e. The van der Waals surface area contributed by atoms with E-state index in [2.05, 4.69) is 16.9 Å². The third kappa shape index (κ3) is 10.4. The largest absolute Gasteiger partial charge is 0.550 e. The van der Waals surface area contributed by atoms with Crippen LogP contribution in [-0.2, 0) is 33.3 Å². The molecule has 18 heteroatoms. The molecular weight excluding hydrogens is 650 g/mol. The number of hydrogen-bond donors (Lipinski definition) is 9. The van der Waals surface area contributed by atoms with Gasteiger partial charge in [0.15, 0.2) is 19.0 Å². The fourth-order valence-electron chi connectivity index (χ4n) is 6.30. The minimum absolute atomic E-state index is 0.00855. The molecule has 0 bridgehead atoms. The number of likely N-dealkylation sites (tertiary alicyclic amines) is 1. The van der Waals surface area contributed by atoms with Crippen molar-refractivity contribution in [1.82, 2.24) is 5.32 Å². The van der Waals surface area contributed by atoms with Gasteiger partial charge in [0.1, 0.15) is 31.0 Å². The van der Waals surface area contributed by atoms with Crippen molar-refractivity contribution >= 4 is 17.9 Å². The van der Waals surface area contributed by atoms with E-state index in [4.69, 9.17) is 34.5 Å². The summed E-state index contributed by atoms with van der Waals surface area (Å²) in [5, 5.41) is 66.7. The van der Waals surface area contributed by atoms with Gasteiger partial charge in [-0.15, -0.1) is 6.58 Å². The second-order valence-electron chi connectivity index (χ2n) is 12.1. The van der Waals surface area contributed by atoms with Crippen LogP contribution in [-0.4, -0.2) is 153 Å². The minimum atomic E-state index is -1.48. The predicted molar refractivity (Wildman–Crippen MR) is 167 cm³/mol. The molecule has 0 aromatic carbocycles. The quantitative estimate of drug-likeness (QED) is 0.0170.